The van der Waals surface area contributed by atoms with Gasteiger partial charge in [-0.25, -0.2) is 0 Å². The second-order valence-corrected chi connectivity index (χ2v) is 4.89. The molecule has 0 aliphatic heterocycles. The number of nitrogens with zero attached hydrogens (tertiary/aromatic N) is 1. The first kappa shape index (κ1) is 12.2. The summed E-state index contributed by atoms with van der Waals surface area (Å²) in [6.07, 6.45) is 0. The van der Waals surface area contributed by atoms with Gasteiger partial charge in [0.2, 0.25) is 0 Å². The van der Waals surface area contributed by atoms with Gasteiger partial charge >= 0.3 is 0 Å². The molecule has 1 aromatic heterocycles. The molecule has 0 atom stereocenters. The van der Waals surface area contributed by atoms with Crippen LogP contribution in [0.25, 0.3) is 0 Å². The van der Waals surface area contributed by atoms with Crippen molar-refractivity contribution in [3.05, 3.63) is 45.3 Å². The number of hydrogen-bond donors (Lipinski definition) is 0. The molecular formula is C13H14BrNO2. The van der Waals surface area contributed by atoms with Gasteiger partial charge in [0, 0.05) is 10.5 Å². The molecule has 0 spiro atoms. The van der Waals surface area contributed by atoms with Crippen molar-refractivity contribution in [3.8, 4) is 5.75 Å². The highest BCUT2D eigenvalue weighted by molar-refractivity contribution is 9.10. The molecule has 0 saturated heterocycles. The van der Waals surface area contributed by atoms with E-state index in [0.717, 1.165) is 32.8 Å². The molecule has 4 heteroatoms. The average molecular weight is 296 g/mol. The van der Waals surface area contributed by atoms with Crippen LogP contribution in [0.4, 0.5) is 0 Å². The summed E-state index contributed by atoms with van der Waals surface area (Å²) in [7, 11) is 0. The average Bonchev–Trinajstić information content (AvgIpc) is 2.69. The van der Waals surface area contributed by atoms with Crippen LogP contribution >= 0.6 is 15.9 Å². The van der Waals surface area contributed by atoms with E-state index in [-0.39, 0.29) is 0 Å². The third-order valence-corrected chi connectivity index (χ3v) is 3.72. The fraction of sp³-hybridized carbons (Fsp3) is 0.308. The smallest absolute Gasteiger partial charge is 0.174 e. The van der Waals surface area contributed by atoms with Gasteiger partial charge in [0.05, 0.1) is 5.69 Å². The van der Waals surface area contributed by atoms with Crippen molar-refractivity contribution in [2.45, 2.75) is 27.4 Å². The summed E-state index contributed by atoms with van der Waals surface area (Å²) in [5.41, 5.74) is 3.19. The van der Waals surface area contributed by atoms with Gasteiger partial charge in [0.1, 0.15) is 12.4 Å². The van der Waals surface area contributed by atoms with Crippen LogP contribution in [-0.2, 0) is 6.61 Å². The molecule has 1 aromatic carbocycles. The Balaban J connectivity index is 2.09. The maximum absolute atomic E-state index is 5.67. The number of halogens is 1. The molecule has 0 aliphatic rings. The normalized spacial score (nSPS) is 10.6. The van der Waals surface area contributed by atoms with Crippen LogP contribution in [0.2, 0.25) is 0 Å². The minimum Gasteiger partial charge on any atom is -0.486 e. The molecule has 2 aromatic rings. The number of hydrogen-bond acceptors (Lipinski definition) is 3. The Bertz CT molecular complexity index is 511. The zero-order valence-electron chi connectivity index (χ0n) is 10.1. The summed E-state index contributed by atoms with van der Waals surface area (Å²) in [6.45, 7) is 6.38. The summed E-state index contributed by atoms with van der Waals surface area (Å²) in [5.74, 6) is 1.58. The van der Waals surface area contributed by atoms with Crippen molar-refractivity contribution in [1.82, 2.24) is 5.16 Å². The topological polar surface area (TPSA) is 35.3 Å². The fourth-order valence-electron chi connectivity index (χ4n) is 1.63. The number of aromatic nitrogens is 1. The number of ether oxygens (including phenoxy) is 1. The monoisotopic (exact) mass is 295 g/mol. The fourth-order valence-corrected chi connectivity index (χ4v) is 1.86. The van der Waals surface area contributed by atoms with Crippen LogP contribution < -0.4 is 4.74 Å². The molecule has 0 aliphatic carbocycles. The molecule has 0 fully saturated rings. The zero-order chi connectivity index (χ0) is 12.4. The Morgan fingerprint density at radius 3 is 2.35 bits per heavy atom. The van der Waals surface area contributed by atoms with Gasteiger partial charge in [-0.15, -0.1) is 0 Å². The highest BCUT2D eigenvalue weighted by Gasteiger charge is 2.05. The highest BCUT2D eigenvalue weighted by atomic mass is 79.9. The highest BCUT2D eigenvalue weighted by Crippen LogP contribution is 2.26. The number of rotatable bonds is 3. The summed E-state index contributed by atoms with van der Waals surface area (Å²) < 4.78 is 11.9. The van der Waals surface area contributed by atoms with Crippen LogP contribution in [0.15, 0.2) is 27.2 Å². The third kappa shape index (κ3) is 2.88. The van der Waals surface area contributed by atoms with Crippen molar-refractivity contribution in [1.29, 1.82) is 0 Å². The number of aryl methyl sites for hydroxylation is 3. The molecule has 1 heterocycles. The molecule has 0 amide bonds. The molecule has 3 nitrogen and oxygen atoms in total. The first-order valence-corrected chi connectivity index (χ1v) is 6.17. The Kier molecular flexibility index (Phi) is 3.52. The van der Waals surface area contributed by atoms with Crippen molar-refractivity contribution in [3.63, 3.8) is 0 Å². The van der Waals surface area contributed by atoms with Gasteiger partial charge in [-0.1, -0.05) is 21.1 Å². The van der Waals surface area contributed by atoms with Gasteiger partial charge in [0.25, 0.3) is 0 Å². The molecule has 2 rings (SSSR count). The second kappa shape index (κ2) is 4.92. The lowest BCUT2D eigenvalue weighted by molar-refractivity contribution is 0.248. The minimum absolute atomic E-state index is 0.404. The van der Waals surface area contributed by atoms with E-state index in [1.165, 1.54) is 0 Å². The van der Waals surface area contributed by atoms with Crippen molar-refractivity contribution < 1.29 is 9.26 Å². The summed E-state index contributed by atoms with van der Waals surface area (Å²) in [6, 6.07) is 5.87. The Labute approximate surface area is 109 Å². The van der Waals surface area contributed by atoms with Gasteiger partial charge in [-0.3, -0.25) is 0 Å². The van der Waals surface area contributed by atoms with Crippen LogP contribution in [0.5, 0.6) is 5.75 Å². The van der Waals surface area contributed by atoms with Gasteiger partial charge in [0.15, 0.2) is 5.76 Å². The van der Waals surface area contributed by atoms with Crippen LogP contribution in [0.3, 0.4) is 0 Å². The molecule has 17 heavy (non-hydrogen) atoms. The maximum Gasteiger partial charge on any atom is 0.174 e. The molecular weight excluding hydrogens is 282 g/mol. The standard InChI is InChI=1S/C13H14BrNO2/c1-8-4-11(5-9(2)13(8)14)16-7-12-6-10(3)15-17-12/h4-6H,7H2,1-3H3. The Morgan fingerprint density at radius 2 is 1.82 bits per heavy atom. The predicted molar refractivity (Wildman–Crippen MR) is 69.2 cm³/mol. The first-order chi connectivity index (χ1) is 8.06. The third-order valence-electron chi connectivity index (χ3n) is 2.47. The molecule has 90 valence electrons. The summed E-state index contributed by atoms with van der Waals surface area (Å²) in [4.78, 5) is 0. The Morgan fingerprint density at radius 1 is 1.18 bits per heavy atom. The van der Waals surface area contributed by atoms with E-state index in [1.807, 2.05) is 39.0 Å². The van der Waals surface area contributed by atoms with E-state index in [4.69, 9.17) is 9.26 Å². The molecule has 0 radical (unpaired) electrons. The van der Waals surface area contributed by atoms with E-state index >= 15 is 0 Å². The SMILES string of the molecule is Cc1cc(COc2cc(C)c(Br)c(C)c2)on1. The Hall–Kier alpha value is -1.29. The van der Waals surface area contributed by atoms with E-state index in [0.29, 0.717) is 6.61 Å². The quantitative estimate of drug-likeness (QED) is 0.860. The zero-order valence-corrected chi connectivity index (χ0v) is 11.7. The maximum atomic E-state index is 5.67. The van der Waals surface area contributed by atoms with Crippen molar-refractivity contribution >= 4 is 15.9 Å². The van der Waals surface area contributed by atoms with E-state index in [9.17, 15) is 0 Å². The predicted octanol–water partition coefficient (Wildman–Crippen LogP) is 3.94. The van der Waals surface area contributed by atoms with Gasteiger partial charge < -0.3 is 9.26 Å². The van der Waals surface area contributed by atoms with Crippen LogP contribution in [0, 0.1) is 20.8 Å². The molecule has 0 unspecified atom stereocenters. The minimum atomic E-state index is 0.404. The van der Waals surface area contributed by atoms with Gasteiger partial charge in [-0.05, 0) is 44.0 Å². The van der Waals surface area contributed by atoms with Crippen LogP contribution in [0.1, 0.15) is 22.6 Å². The molecule has 0 bridgehead atoms. The second-order valence-electron chi connectivity index (χ2n) is 4.09. The summed E-state index contributed by atoms with van der Waals surface area (Å²) in [5, 5.41) is 3.82. The first-order valence-electron chi connectivity index (χ1n) is 5.38. The largest absolute Gasteiger partial charge is 0.486 e. The number of benzene rings is 1. The molecule has 0 saturated carbocycles. The van der Waals surface area contributed by atoms with E-state index in [1.54, 1.807) is 0 Å². The van der Waals surface area contributed by atoms with Crippen molar-refractivity contribution in [2.75, 3.05) is 0 Å². The summed E-state index contributed by atoms with van der Waals surface area (Å²) >= 11 is 3.53. The van der Waals surface area contributed by atoms with Crippen molar-refractivity contribution in [2.24, 2.45) is 0 Å². The van der Waals surface area contributed by atoms with Crippen LogP contribution in [-0.4, -0.2) is 5.16 Å². The van der Waals surface area contributed by atoms with Gasteiger partial charge in [-0.2, -0.15) is 0 Å². The van der Waals surface area contributed by atoms with E-state index < -0.39 is 0 Å². The lowest BCUT2D eigenvalue weighted by Gasteiger charge is -2.08. The lowest BCUT2D eigenvalue weighted by atomic mass is 10.1. The van der Waals surface area contributed by atoms with E-state index in [2.05, 4.69) is 21.1 Å². The lowest BCUT2D eigenvalue weighted by Crippen LogP contribution is -1.95. The molecule has 0 N–H and O–H groups in total.